The van der Waals surface area contributed by atoms with Crippen molar-refractivity contribution in [1.29, 1.82) is 0 Å². The summed E-state index contributed by atoms with van der Waals surface area (Å²) in [6, 6.07) is 7.34. The summed E-state index contributed by atoms with van der Waals surface area (Å²) in [4.78, 5) is 24.7. The SMILES string of the molecule is CN1C(=O)c2ccccc2C1CNC(=O)CCl. The fourth-order valence-electron chi connectivity index (χ4n) is 2.03. The van der Waals surface area contributed by atoms with E-state index in [-0.39, 0.29) is 23.7 Å². The Kier molecular flexibility index (Phi) is 3.33. The van der Waals surface area contributed by atoms with Gasteiger partial charge in [0.25, 0.3) is 5.91 Å². The fourth-order valence-corrected chi connectivity index (χ4v) is 2.12. The first-order chi connectivity index (χ1) is 8.15. The van der Waals surface area contributed by atoms with E-state index in [0.29, 0.717) is 12.1 Å². The minimum atomic E-state index is -0.225. The van der Waals surface area contributed by atoms with Gasteiger partial charge in [0.1, 0.15) is 5.88 Å². The van der Waals surface area contributed by atoms with Crippen molar-refractivity contribution < 1.29 is 9.59 Å². The Hall–Kier alpha value is -1.55. The molecule has 4 nitrogen and oxygen atoms in total. The molecule has 0 saturated heterocycles. The zero-order valence-corrected chi connectivity index (χ0v) is 10.2. The number of rotatable bonds is 3. The van der Waals surface area contributed by atoms with E-state index >= 15 is 0 Å². The Morgan fingerprint density at radius 3 is 2.88 bits per heavy atom. The predicted octanol–water partition coefficient (Wildman–Crippen LogP) is 1.17. The van der Waals surface area contributed by atoms with Crippen molar-refractivity contribution in [1.82, 2.24) is 10.2 Å². The van der Waals surface area contributed by atoms with Gasteiger partial charge < -0.3 is 10.2 Å². The molecule has 0 fully saturated rings. The molecule has 90 valence electrons. The monoisotopic (exact) mass is 252 g/mol. The molecule has 0 aromatic heterocycles. The van der Waals surface area contributed by atoms with Gasteiger partial charge >= 0.3 is 0 Å². The van der Waals surface area contributed by atoms with Gasteiger partial charge in [-0.2, -0.15) is 0 Å². The van der Waals surface area contributed by atoms with Gasteiger partial charge in [-0.15, -0.1) is 11.6 Å². The topological polar surface area (TPSA) is 49.4 Å². The lowest BCUT2D eigenvalue weighted by Crippen LogP contribution is -2.35. The highest BCUT2D eigenvalue weighted by molar-refractivity contribution is 6.27. The summed E-state index contributed by atoms with van der Waals surface area (Å²) in [5.74, 6) is -0.297. The number of carbonyl (C=O) groups excluding carboxylic acids is 2. The van der Waals surface area contributed by atoms with Crippen molar-refractivity contribution in [3.63, 3.8) is 0 Å². The van der Waals surface area contributed by atoms with Crippen molar-refractivity contribution in [2.24, 2.45) is 0 Å². The standard InChI is InChI=1S/C12H13ClN2O2/c1-15-10(7-14-11(16)6-13)8-4-2-3-5-9(8)12(15)17/h2-5,10H,6-7H2,1H3,(H,14,16). The van der Waals surface area contributed by atoms with Gasteiger partial charge in [0.05, 0.1) is 6.04 Å². The Morgan fingerprint density at radius 2 is 2.18 bits per heavy atom. The van der Waals surface area contributed by atoms with Crippen LogP contribution in [0.2, 0.25) is 0 Å². The Morgan fingerprint density at radius 1 is 1.47 bits per heavy atom. The number of hydrogen-bond donors (Lipinski definition) is 1. The molecule has 1 heterocycles. The lowest BCUT2D eigenvalue weighted by molar-refractivity contribution is -0.118. The molecule has 1 aliphatic heterocycles. The summed E-state index contributed by atoms with van der Waals surface area (Å²) in [6.07, 6.45) is 0. The van der Waals surface area contributed by atoms with Crippen LogP contribution in [0.1, 0.15) is 22.0 Å². The van der Waals surface area contributed by atoms with Crippen LogP contribution in [0.3, 0.4) is 0 Å². The van der Waals surface area contributed by atoms with E-state index in [1.54, 1.807) is 18.0 Å². The van der Waals surface area contributed by atoms with E-state index in [2.05, 4.69) is 5.32 Å². The molecule has 1 aliphatic rings. The lowest BCUT2D eigenvalue weighted by atomic mass is 10.0. The molecule has 17 heavy (non-hydrogen) atoms. The summed E-state index contributed by atoms with van der Waals surface area (Å²) in [6.45, 7) is 0.394. The summed E-state index contributed by atoms with van der Waals surface area (Å²) in [7, 11) is 1.74. The second-order valence-corrected chi connectivity index (χ2v) is 4.22. The number of carbonyl (C=O) groups is 2. The van der Waals surface area contributed by atoms with Crippen LogP contribution in [0.15, 0.2) is 24.3 Å². The average molecular weight is 253 g/mol. The van der Waals surface area contributed by atoms with Gasteiger partial charge in [-0.25, -0.2) is 0 Å². The maximum Gasteiger partial charge on any atom is 0.254 e. The highest BCUT2D eigenvalue weighted by Crippen LogP contribution is 2.31. The first-order valence-corrected chi connectivity index (χ1v) is 5.87. The zero-order chi connectivity index (χ0) is 12.4. The molecule has 0 aliphatic carbocycles. The van der Waals surface area contributed by atoms with Gasteiger partial charge in [-0.3, -0.25) is 9.59 Å². The van der Waals surface area contributed by atoms with Gasteiger partial charge in [-0.05, 0) is 11.6 Å². The molecule has 0 radical (unpaired) electrons. The van der Waals surface area contributed by atoms with Crippen molar-refractivity contribution in [2.45, 2.75) is 6.04 Å². The van der Waals surface area contributed by atoms with E-state index in [1.165, 1.54) is 0 Å². The summed E-state index contributed by atoms with van der Waals surface area (Å²) in [5.41, 5.74) is 1.66. The molecule has 0 bridgehead atoms. The number of benzene rings is 1. The predicted molar refractivity (Wildman–Crippen MR) is 65.0 cm³/mol. The Bertz CT molecular complexity index is 462. The summed E-state index contributed by atoms with van der Waals surface area (Å²) in [5, 5.41) is 2.70. The number of amides is 2. The minimum absolute atomic E-state index is 0.00859. The fraction of sp³-hybridized carbons (Fsp3) is 0.333. The number of hydrogen-bond acceptors (Lipinski definition) is 2. The summed E-state index contributed by atoms with van der Waals surface area (Å²) < 4.78 is 0. The van der Waals surface area contributed by atoms with E-state index in [4.69, 9.17) is 11.6 Å². The van der Waals surface area contributed by atoms with Crippen LogP contribution in [0, 0.1) is 0 Å². The van der Waals surface area contributed by atoms with E-state index in [0.717, 1.165) is 5.56 Å². The highest BCUT2D eigenvalue weighted by atomic mass is 35.5. The van der Waals surface area contributed by atoms with Crippen LogP contribution in [-0.4, -0.2) is 36.2 Å². The van der Waals surface area contributed by atoms with E-state index < -0.39 is 0 Å². The van der Waals surface area contributed by atoms with Gasteiger partial charge in [0, 0.05) is 19.2 Å². The third-order valence-corrected chi connectivity index (χ3v) is 3.19. The molecular weight excluding hydrogens is 240 g/mol. The molecule has 5 heteroatoms. The van der Waals surface area contributed by atoms with E-state index in [9.17, 15) is 9.59 Å². The van der Waals surface area contributed by atoms with Crippen molar-refractivity contribution in [2.75, 3.05) is 19.5 Å². The van der Waals surface area contributed by atoms with E-state index in [1.807, 2.05) is 18.2 Å². The smallest absolute Gasteiger partial charge is 0.254 e. The largest absolute Gasteiger partial charge is 0.353 e. The molecule has 2 amide bonds. The molecule has 0 saturated carbocycles. The maximum atomic E-state index is 11.9. The van der Waals surface area contributed by atoms with Crippen LogP contribution >= 0.6 is 11.6 Å². The Balaban J connectivity index is 2.18. The van der Waals surface area contributed by atoms with Crippen LogP contribution in [0.4, 0.5) is 0 Å². The van der Waals surface area contributed by atoms with Gasteiger partial charge in [0.15, 0.2) is 0 Å². The maximum absolute atomic E-state index is 11.9. The molecule has 1 aromatic rings. The number of fused-ring (bicyclic) bond motifs is 1. The molecule has 1 atom stereocenters. The first-order valence-electron chi connectivity index (χ1n) is 5.34. The molecule has 2 rings (SSSR count). The third kappa shape index (κ3) is 2.13. The van der Waals surface area contributed by atoms with Crippen molar-refractivity contribution in [3.05, 3.63) is 35.4 Å². The summed E-state index contributed by atoms with van der Waals surface area (Å²) >= 11 is 5.41. The molecular formula is C12H13ClN2O2. The van der Waals surface area contributed by atoms with Gasteiger partial charge in [0.2, 0.25) is 5.91 Å². The molecule has 0 spiro atoms. The highest BCUT2D eigenvalue weighted by Gasteiger charge is 2.33. The first kappa shape index (κ1) is 11.9. The second-order valence-electron chi connectivity index (χ2n) is 3.96. The Labute approximate surface area is 105 Å². The van der Waals surface area contributed by atoms with Gasteiger partial charge in [-0.1, -0.05) is 18.2 Å². The zero-order valence-electron chi connectivity index (χ0n) is 9.44. The molecule has 1 unspecified atom stereocenters. The lowest BCUT2D eigenvalue weighted by Gasteiger charge is -2.20. The quantitative estimate of drug-likeness (QED) is 0.821. The second kappa shape index (κ2) is 4.75. The van der Waals surface area contributed by atoms with Crippen LogP contribution in [0.5, 0.6) is 0 Å². The molecule has 1 aromatic carbocycles. The van der Waals surface area contributed by atoms with Crippen LogP contribution in [-0.2, 0) is 4.79 Å². The normalized spacial score (nSPS) is 18.1. The van der Waals surface area contributed by atoms with Crippen molar-refractivity contribution >= 4 is 23.4 Å². The number of halogens is 1. The molecule has 1 N–H and O–H groups in total. The van der Waals surface area contributed by atoms with Crippen molar-refractivity contribution in [3.8, 4) is 0 Å². The third-order valence-electron chi connectivity index (χ3n) is 2.95. The number of likely N-dealkylation sites (N-methyl/N-ethyl adjacent to an activating group) is 1. The number of nitrogens with one attached hydrogen (secondary N) is 1. The number of nitrogens with zero attached hydrogens (tertiary/aromatic N) is 1. The van der Waals surface area contributed by atoms with Crippen LogP contribution in [0.25, 0.3) is 0 Å². The van der Waals surface area contributed by atoms with Crippen LogP contribution < -0.4 is 5.32 Å². The average Bonchev–Trinajstić information content (AvgIpc) is 2.60. The minimum Gasteiger partial charge on any atom is -0.353 e. The number of alkyl halides is 1.